The lowest BCUT2D eigenvalue weighted by molar-refractivity contribution is 0.133. The van der Waals surface area contributed by atoms with Gasteiger partial charge in [0, 0.05) is 18.6 Å². The van der Waals surface area contributed by atoms with E-state index in [1.165, 1.54) is 31.2 Å². The second-order valence-corrected chi connectivity index (χ2v) is 6.15. The van der Waals surface area contributed by atoms with Gasteiger partial charge in [-0.15, -0.1) is 0 Å². The Labute approximate surface area is 123 Å². The van der Waals surface area contributed by atoms with Gasteiger partial charge in [-0.25, -0.2) is 0 Å². The lowest BCUT2D eigenvalue weighted by Gasteiger charge is -2.37. The van der Waals surface area contributed by atoms with E-state index in [0.717, 1.165) is 18.2 Å². The van der Waals surface area contributed by atoms with E-state index in [1.54, 1.807) is 7.11 Å². The summed E-state index contributed by atoms with van der Waals surface area (Å²) in [5, 5.41) is 0. The zero-order valence-electron chi connectivity index (χ0n) is 13.0. The molecule has 1 aliphatic rings. The van der Waals surface area contributed by atoms with Crippen molar-refractivity contribution in [3.05, 3.63) is 29.8 Å². The van der Waals surface area contributed by atoms with Crippen LogP contribution < -0.4 is 10.5 Å². The molecule has 1 aromatic carbocycles. The Bertz CT molecular complexity index is 404. The molecule has 0 radical (unpaired) electrons. The Hall–Kier alpha value is -1.06. The fourth-order valence-electron chi connectivity index (χ4n) is 3.35. The number of nitrogens with zero attached hydrogens (tertiary/aromatic N) is 1. The lowest BCUT2D eigenvalue weighted by atomic mass is 9.85. The van der Waals surface area contributed by atoms with Crippen LogP contribution in [0.5, 0.6) is 5.75 Å². The van der Waals surface area contributed by atoms with Crippen LogP contribution in [0.2, 0.25) is 0 Å². The van der Waals surface area contributed by atoms with Gasteiger partial charge in [0.2, 0.25) is 0 Å². The van der Waals surface area contributed by atoms with Crippen molar-refractivity contribution in [2.24, 2.45) is 11.7 Å². The fourth-order valence-corrected chi connectivity index (χ4v) is 3.35. The fraction of sp³-hybridized carbons (Fsp3) is 0.647. The van der Waals surface area contributed by atoms with Crippen molar-refractivity contribution < 1.29 is 4.74 Å². The molecule has 0 saturated heterocycles. The quantitative estimate of drug-likeness (QED) is 0.897. The van der Waals surface area contributed by atoms with Crippen LogP contribution in [0.4, 0.5) is 0 Å². The molecule has 1 aliphatic carbocycles. The van der Waals surface area contributed by atoms with E-state index in [1.807, 2.05) is 12.1 Å². The number of nitrogens with two attached hydrogens (primary N) is 1. The van der Waals surface area contributed by atoms with Crippen molar-refractivity contribution in [1.29, 1.82) is 0 Å². The topological polar surface area (TPSA) is 38.5 Å². The summed E-state index contributed by atoms with van der Waals surface area (Å²) in [5.74, 6) is 1.67. The van der Waals surface area contributed by atoms with Crippen molar-refractivity contribution >= 4 is 0 Å². The number of hydrogen-bond donors (Lipinski definition) is 1. The van der Waals surface area contributed by atoms with Gasteiger partial charge < -0.3 is 15.4 Å². The van der Waals surface area contributed by atoms with E-state index in [9.17, 15) is 0 Å². The third kappa shape index (κ3) is 3.74. The highest BCUT2D eigenvalue weighted by molar-refractivity contribution is 5.29. The van der Waals surface area contributed by atoms with Crippen molar-refractivity contribution in [3.8, 4) is 5.75 Å². The van der Waals surface area contributed by atoms with Crippen LogP contribution in [0.15, 0.2) is 24.3 Å². The van der Waals surface area contributed by atoms with E-state index in [-0.39, 0.29) is 6.04 Å². The van der Waals surface area contributed by atoms with Crippen LogP contribution >= 0.6 is 0 Å². The highest BCUT2D eigenvalue weighted by Crippen LogP contribution is 2.28. The SMILES string of the molecule is COc1ccc(C(N)CN(C)C2CCCCC2C)cc1. The number of likely N-dealkylation sites (N-methyl/N-ethyl adjacent to an activating group) is 1. The second kappa shape index (κ2) is 7.09. The molecule has 20 heavy (non-hydrogen) atoms. The molecule has 3 unspecified atom stereocenters. The number of hydrogen-bond acceptors (Lipinski definition) is 3. The van der Waals surface area contributed by atoms with Crippen LogP contribution in [0, 0.1) is 5.92 Å². The number of ether oxygens (including phenoxy) is 1. The highest BCUT2D eigenvalue weighted by atomic mass is 16.5. The standard InChI is InChI=1S/C17H28N2O/c1-13-6-4-5-7-17(13)19(2)12-16(18)14-8-10-15(20-3)11-9-14/h8-11,13,16-17H,4-7,12,18H2,1-3H3. The maximum atomic E-state index is 6.36. The van der Waals surface area contributed by atoms with Gasteiger partial charge in [-0.1, -0.05) is 31.9 Å². The minimum atomic E-state index is 0.0695. The first kappa shape index (κ1) is 15.3. The van der Waals surface area contributed by atoms with Gasteiger partial charge in [-0.05, 0) is 43.5 Å². The molecule has 1 aromatic rings. The first-order chi connectivity index (χ1) is 9.61. The van der Waals surface area contributed by atoms with Gasteiger partial charge >= 0.3 is 0 Å². The predicted molar refractivity (Wildman–Crippen MR) is 84.0 cm³/mol. The Morgan fingerprint density at radius 3 is 2.50 bits per heavy atom. The Morgan fingerprint density at radius 2 is 1.90 bits per heavy atom. The largest absolute Gasteiger partial charge is 0.497 e. The van der Waals surface area contributed by atoms with Gasteiger partial charge in [0.25, 0.3) is 0 Å². The normalized spacial score (nSPS) is 24.6. The van der Waals surface area contributed by atoms with Gasteiger partial charge in [-0.2, -0.15) is 0 Å². The third-order valence-corrected chi connectivity index (χ3v) is 4.66. The van der Waals surface area contributed by atoms with Crippen LogP contribution in [-0.2, 0) is 0 Å². The zero-order chi connectivity index (χ0) is 14.5. The zero-order valence-corrected chi connectivity index (χ0v) is 13.0. The van der Waals surface area contributed by atoms with Crippen LogP contribution in [0.1, 0.15) is 44.2 Å². The van der Waals surface area contributed by atoms with E-state index in [0.29, 0.717) is 6.04 Å². The molecular formula is C17H28N2O. The summed E-state index contributed by atoms with van der Waals surface area (Å²) in [5.41, 5.74) is 7.54. The molecule has 0 amide bonds. The molecular weight excluding hydrogens is 248 g/mol. The monoisotopic (exact) mass is 276 g/mol. The summed E-state index contributed by atoms with van der Waals surface area (Å²) in [6.07, 6.45) is 5.41. The Balaban J connectivity index is 1.93. The average molecular weight is 276 g/mol. The molecule has 0 spiro atoms. The lowest BCUT2D eigenvalue weighted by Crippen LogP contribution is -2.42. The van der Waals surface area contributed by atoms with Gasteiger partial charge in [0.05, 0.1) is 7.11 Å². The molecule has 2 N–H and O–H groups in total. The van der Waals surface area contributed by atoms with Crippen molar-refractivity contribution in [2.45, 2.75) is 44.7 Å². The van der Waals surface area contributed by atoms with Gasteiger partial charge in [0.15, 0.2) is 0 Å². The summed E-state index contributed by atoms with van der Waals surface area (Å²) in [6.45, 7) is 3.29. The van der Waals surface area contributed by atoms with Gasteiger partial charge in [0.1, 0.15) is 5.75 Å². The molecule has 0 heterocycles. The first-order valence-electron chi connectivity index (χ1n) is 7.71. The van der Waals surface area contributed by atoms with Crippen molar-refractivity contribution in [1.82, 2.24) is 4.90 Å². The molecule has 0 aromatic heterocycles. The molecule has 3 atom stereocenters. The molecule has 0 bridgehead atoms. The predicted octanol–water partition coefficient (Wildman–Crippen LogP) is 3.21. The Kier molecular flexibility index (Phi) is 5.44. The van der Waals surface area contributed by atoms with E-state index in [2.05, 4.69) is 31.0 Å². The first-order valence-corrected chi connectivity index (χ1v) is 7.71. The molecule has 1 saturated carbocycles. The molecule has 2 rings (SSSR count). The van der Waals surface area contributed by atoms with Crippen molar-refractivity contribution in [3.63, 3.8) is 0 Å². The summed E-state index contributed by atoms with van der Waals surface area (Å²) < 4.78 is 5.19. The maximum Gasteiger partial charge on any atom is 0.118 e. The molecule has 3 nitrogen and oxygen atoms in total. The Morgan fingerprint density at radius 1 is 1.25 bits per heavy atom. The van der Waals surface area contributed by atoms with Crippen LogP contribution in [0.3, 0.4) is 0 Å². The summed E-state index contributed by atoms with van der Waals surface area (Å²) in [4.78, 5) is 2.46. The molecule has 1 fully saturated rings. The third-order valence-electron chi connectivity index (χ3n) is 4.66. The van der Waals surface area contributed by atoms with E-state index < -0.39 is 0 Å². The number of rotatable bonds is 5. The molecule has 112 valence electrons. The summed E-state index contributed by atoms with van der Waals surface area (Å²) in [7, 11) is 3.91. The van der Waals surface area contributed by atoms with Gasteiger partial charge in [-0.3, -0.25) is 0 Å². The molecule has 0 aliphatic heterocycles. The van der Waals surface area contributed by atoms with Crippen molar-refractivity contribution in [2.75, 3.05) is 20.7 Å². The minimum absolute atomic E-state index is 0.0695. The van der Waals surface area contributed by atoms with E-state index in [4.69, 9.17) is 10.5 Å². The average Bonchev–Trinajstić information content (AvgIpc) is 2.47. The smallest absolute Gasteiger partial charge is 0.118 e. The minimum Gasteiger partial charge on any atom is -0.497 e. The highest BCUT2D eigenvalue weighted by Gasteiger charge is 2.25. The second-order valence-electron chi connectivity index (χ2n) is 6.15. The number of methoxy groups -OCH3 is 1. The maximum absolute atomic E-state index is 6.36. The molecule has 3 heteroatoms. The number of benzene rings is 1. The summed E-state index contributed by atoms with van der Waals surface area (Å²) in [6, 6.07) is 8.87. The summed E-state index contributed by atoms with van der Waals surface area (Å²) >= 11 is 0. The van der Waals surface area contributed by atoms with E-state index >= 15 is 0 Å². The van der Waals surface area contributed by atoms with Crippen LogP contribution in [-0.4, -0.2) is 31.6 Å². The van der Waals surface area contributed by atoms with Crippen LogP contribution in [0.25, 0.3) is 0 Å².